The number of nitrogens with zero attached hydrogens (tertiary/aromatic N) is 4. The van der Waals surface area contributed by atoms with E-state index in [1.165, 1.54) is 0 Å². The molecule has 3 heterocycles. The van der Waals surface area contributed by atoms with Crippen LogP contribution >= 0.6 is 0 Å². The summed E-state index contributed by atoms with van der Waals surface area (Å²) >= 11 is 0. The smallest absolute Gasteiger partial charge is 0.271 e. The Morgan fingerprint density at radius 2 is 1.86 bits per heavy atom. The lowest BCUT2D eigenvalue weighted by atomic mass is 10.1. The number of piperazine rings is 1. The van der Waals surface area contributed by atoms with Crippen LogP contribution in [0.5, 0.6) is 5.75 Å². The summed E-state index contributed by atoms with van der Waals surface area (Å²) in [5, 5.41) is 7.21. The van der Waals surface area contributed by atoms with Crippen molar-refractivity contribution in [2.24, 2.45) is 0 Å². The molecule has 1 aromatic carbocycles. The Hall–Kier alpha value is -3.19. The SMILES string of the molecule is COc1ccccc1-c1cc(C(=O)N2CCN(C(C)c3ccccn3)CC2)[nH]n1. The first-order valence-corrected chi connectivity index (χ1v) is 9.80. The highest BCUT2D eigenvalue weighted by atomic mass is 16.5. The highest BCUT2D eigenvalue weighted by molar-refractivity contribution is 5.93. The standard InChI is InChI=1S/C22H25N5O2/c1-16(18-8-5-6-10-23-18)26-11-13-27(14-12-26)22(28)20-15-19(24-25-20)17-7-3-4-9-21(17)29-2/h3-10,15-16H,11-14H2,1-2H3,(H,24,25). The lowest BCUT2D eigenvalue weighted by Crippen LogP contribution is -2.49. The van der Waals surface area contributed by atoms with Crippen molar-refractivity contribution in [2.75, 3.05) is 33.3 Å². The summed E-state index contributed by atoms with van der Waals surface area (Å²) in [5.74, 6) is 0.707. The molecule has 4 rings (SSSR count). The number of pyridine rings is 1. The third-order valence-corrected chi connectivity index (χ3v) is 5.46. The predicted octanol–water partition coefficient (Wildman–Crippen LogP) is 3.00. The summed E-state index contributed by atoms with van der Waals surface area (Å²) in [6.07, 6.45) is 1.82. The van der Waals surface area contributed by atoms with E-state index in [0.717, 1.165) is 30.1 Å². The van der Waals surface area contributed by atoms with Crippen LogP contribution in [-0.4, -0.2) is 64.2 Å². The second-order valence-corrected chi connectivity index (χ2v) is 7.13. The molecular weight excluding hydrogens is 366 g/mol. The number of amides is 1. The molecule has 1 saturated heterocycles. The molecule has 1 aliphatic rings. The van der Waals surface area contributed by atoms with Gasteiger partial charge in [0.15, 0.2) is 0 Å². The van der Waals surface area contributed by atoms with E-state index in [-0.39, 0.29) is 11.9 Å². The van der Waals surface area contributed by atoms with Crippen LogP contribution in [0.2, 0.25) is 0 Å². The Labute approximate surface area is 170 Å². The predicted molar refractivity (Wildman–Crippen MR) is 111 cm³/mol. The first kappa shape index (κ1) is 19.1. The molecule has 0 spiro atoms. The van der Waals surface area contributed by atoms with Gasteiger partial charge in [0.25, 0.3) is 5.91 Å². The number of ether oxygens (including phenoxy) is 1. The largest absolute Gasteiger partial charge is 0.496 e. The zero-order chi connectivity index (χ0) is 20.2. The van der Waals surface area contributed by atoms with Gasteiger partial charge in [-0.1, -0.05) is 18.2 Å². The summed E-state index contributed by atoms with van der Waals surface area (Å²) < 4.78 is 5.40. The maximum absolute atomic E-state index is 12.9. The van der Waals surface area contributed by atoms with Crippen molar-refractivity contribution in [2.45, 2.75) is 13.0 Å². The fourth-order valence-electron chi connectivity index (χ4n) is 3.72. The molecule has 1 aliphatic heterocycles. The summed E-state index contributed by atoms with van der Waals surface area (Å²) in [6, 6.07) is 15.7. The van der Waals surface area contributed by atoms with Gasteiger partial charge in [-0.3, -0.25) is 19.8 Å². The van der Waals surface area contributed by atoms with Crippen molar-refractivity contribution in [3.63, 3.8) is 0 Å². The fourth-order valence-corrected chi connectivity index (χ4v) is 3.72. The zero-order valence-electron chi connectivity index (χ0n) is 16.7. The average molecular weight is 391 g/mol. The molecule has 7 heteroatoms. The number of aromatic amines is 1. The molecule has 0 radical (unpaired) electrons. The molecule has 29 heavy (non-hydrogen) atoms. The third-order valence-electron chi connectivity index (χ3n) is 5.46. The molecule has 1 unspecified atom stereocenters. The van der Waals surface area contributed by atoms with Crippen molar-refractivity contribution in [1.29, 1.82) is 0 Å². The lowest BCUT2D eigenvalue weighted by Gasteiger charge is -2.37. The number of carbonyl (C=O) groups excluding carboxylic acids is 1. The molecule has 2 aromatic heterocycles. The van der Waals surface area contributed by atoms with Gasteiger partial charge in [-0.05, 0) is 37.3 Å². The summed E-state index contributed by atoms with van der Waals surface area (Å²) in [4.78, 5) is 21.6. The van der Waals surface area contributed by atoms with Crippen LogP contribution in [0.4, 0.5) is 0 Å². The summed E-state index contributed by atoms with van der Waals surface area (Å²) in [7, 11) is 1.63. The van der Waals surface area contributed by atoms with Crippen molar-refractivity contribution in [3.05, 3.63) is 66.1 Å². The number of hydrogen-bond acceptors (Lipinski definition) is 5. The molecule has 1 fully saturated rings. The fraction of sp³-hybridized carbons (Fsp3) is 0.318. The van der Waals surface area contributed by atoms with Gasteiger partial charge in [-0.2, -0.15) is 5.10 Å². The minimum atomic E-state index is -0.0243. The van der Waals surface area contributed by atoms with Gasteiger partial charge in [0, 0.05) is 44.0 Å². The monoisotopic (exact) mass is 391 g/mol. The number of carbonyl (C=O) groups is 1. The molecule has 0 aliphatic carbocycles. The summed E-state index contributed by atoms with van der Waals surface area (Å²) in [6.45, 7) is 5.15. The second kappa shape index (κ2) is 8.45. The molecule has 7 nitrogen and oxygen atoms in total. The van der Waals surface area contributed by atoms with Gasteiger partial charge < -0.3 is 9.64 Å². The maximum Gasteiger partial charge on any atom is 0.271 e. The van der Waals surface area contributed by atoms with Crippen LogP contribution in [-0.2, 0) is 0 Å². The van der Waals surface area contributed by atoms with Crippen LogP contribution in [0.1, 0.15) is 29.1 Å². The van der Waals surface area contributed by atoms with Gasteiger partial charge in [-0.25, -0.2) is 0 Å². The molecule has 0 bridgehead atoms. The van der Waals surface area contributed by atoms with Gasteiger partial charge in [0.2, 0.25) is 0 Å². The molecule has 150 valence electrons. The highest BCUT2D eigenvalue weighted by Gasteiger charge is 2.27. The Bertz CT molecular complexity index is 964. The van der Waals surface area contributed by atoms with Gasteiger partial charge >= 0.3 is 0 Å². The number of aromatic nitrogens is 3. The number of H-pyrrole nitrogens is 1. The Morgan fingerprint density at radius 3 is 2.59 bits per heavy atom. The van der Waals surface area contributed by atoms with Crippen LogP contribution in [0.3, 0.4) is 0 Å². The number of benzene rings is 1. The summed E-state index contributed by atoms with van der Waals surface area (Å²) in [5.41, 5.74) is 3.12. The second-order valence-electron chi connectivity index (χ2n) is 7.13. The maximum atomic E-state index is 12.9. The van der Waals surface area contributed by atoms with Crippen LogP contribution < -0.4 is 4.74 Å². The van der Waals surface area contributed by atoms with E-state index >= 15 is 0 Å². The van der Waals surface area contributed by atoms with Gasteiger partial charge in [-0.15, -0.1) is 0 Å². The van der Waals surface area contributed by atoms with E-state index in [0.29, 0.717) is 24.5 Å². The molecule has 3 aromatic rings. The van der Waals surface area contributed by atoms with Crippen LogP contribution in [0, 0.1) is 0 Å². The number of hydrogen-bond donors (Lipinski definition) is 1. The molecular formula is C22H25N5O2. The van der Waals surface area contributed by atoms with Crippen molar-refractivity contribution in [1.82, 2.24) is 25.0 Å². The van der Waals surface area contributed by atoms with Crippen molar-refractivity contribution in [3.8, 4) is 17.0 Å². The van der Waals surface area contributed by atoms with Gasteiger partial charge in [0.05, 0.1) is 18.5 Å². The topological polar surface area (TPSA) is 74.3 Å². The van der Waals surface area contributed by atoms with E-state index in [1.807, 2.05) is 53.6 Å². The number of nitrogens with one attached hydrogen (secondary N) is 1. The number of para-hydroxylation sites is 1. The quantitative estimate of drug-likeness (QED) is 0.724. The third kappa shape index (κ3) is 4.00. The molecule has 1 N–H and O–H groups in total. The average Bonchev–Trinajstić information content (AvgIpc) is 3.29. The van der Waals surface area contributed by atoms with E-state index in [2.05, 4.69) is 27.0 Å². The molecule has 1 amide bonds. The molecule has 1 atom stereocenters. The van der Waals surface area contributed by atoms with E-state index in [1.54, 1.807) is 13.2 Å². The van der Waals surface area contributed by atoms with Gasteiger partial charge in [0.1, 0.15) is 11.4 Å². The normalized spacial score (nSPS) is 15.9. The highest BCUT2D eigenvalue weighted by Crippen LogP contribution is 2.28. The Balaban J connectivity index is 1.41. The Kier molecular flexibility index (Phi) is 5.57. The van der Waals surface area contributed by atoms with Crippen molar-refractivity contribution >= 4 is 5.91 Å². The van der Waals surface area contributed by atoms with E-state index < -0.39 is 0 Å². The number of methoxy groups -OCH3 is 1. The van der Waals surface area contributed by atoms with E-state index in [9.17, 15) is 4.79 Å². The van der Waals surface area contributed by atoms with Crippen LogP contribution in [0.25, 0.3) is 11.3 Å². The van der Waals surface area contributed by atoms with Crippen molar-refractivity contribution < 1.29 is 9.53 Å². The minimum absolute atomic E-state index is 0.0243. The van der Waals surface area contributed by atoms with E-state index in [4.69, 9.17) is 4.74 Å². The van der Waals surface area contributed by atoms with Crippen LogP contribution in [0.15, 0.2) is 54.7 Å². The lowest BCUT2D eigenvalue weighted by molar-refractivity contribution is 0.0573. The molecule has 0 saturated carbocycles. The first-order valence-electron chi connectivity index (χ1n) is 9.80. The minimum Gasteiger partial charge on any atom is -0.496 e. The number of rotatable bonds is 5. The first-order chi connectivity index (χ1) is 14.2. The zero-order valence-corrected chi connectivity index (χ0v) is 16.7. The Morgan fingerprint density at radius 1 is 1.10 bits per heavy atom.